The van der Waals surface area contributed by atoms with Crippen LogP contribution in [-0.2, 0) is 9.47 Å². The summed E-state index contributed by atoms with van der Waals surface area (Å²) in [6.45, 7) is 4.27. The van der Waals surface area contributed by atoms with Gasteiger partial charge in [0, 0.05) is 37.3 Å². The zero-order valence-electron chi connectivity index (χ0n) is 15.0. The van der Waals surface area contributed by atoms with Crippen molar-refractivity contribution in [1.82, 2.24) is 15.0 Å². The average Bonchev–Trinajstić information content (AvgIpc) is 3.11. The van der Waals surface area contributed by atoms with E-state index in [0.29, 0.717) is 30.1 Å². The molecule has 0 atom stereocenters. The van der Waals surface area contributed by atoms with Gasteiger partial charge in [-0.1, -0.05) is 19.4 Å². The second-order valence-corrected chi connectivity index (χ2v) is 6.81. The number of nitrogens with one attached hydrogen (secondary N) is 2. The van der Waals surface area contributed by atoms with Crippen LogP contribution in [0.4, 0.5) is 5.95 Å². The molecule has 7 nitrogen and oxygen atoms in total. The fraction of sp³-hybridized carbons (Fsp3) is 0.526. The summed E-state index contributed by atoms with van der Waals surface area (Å²) in [6.07, 6.45) is 10.0. The summed E-state index contributed by atoms with van der Waals surface area (Å²) in [5.74, 6) is 0.108. The first-order valence-electron chi connectivity index (χ1n) is 9.30. The van der Waals surface area contributed by atoms with E-state index in [2.05, 4.69) is 33.3 Å². The molecule has 0 amide bonds. The van der Waals surface area contributed by atoms with E-state index in [1.165, 1.54) is 0 Å². The van der Waals surface area contributed by atoms with Crippen molar-refractivity contribution in [3.63, 3.8) is 0 Å². The highest BCUT2D eigenvalue weighted by Gasteiger charge is 2.38. The van der Waals surface area contributed by atoms with Crippen molar-refractivity contribution in [1.29, 1.82) is 0 Å². The molecular weight excluding hydrogens is 332 g/mol. The van der Waals surface area contributed by atoms with Crippen LogP contribution < -0.4 is 10.9 Å². The molecule has 1 aliphatic carbocycles. The van der Waals surface area contributed by atoms with Crippen molar-refractivity contribution in [3.8, 4) is 0 Å². The van der Waals surface area contributed by atoms with Crippen LogP contribution in [0.5, 0.6) is 0 Å². The third-order valence-corrected chi connectivity index (χ3v) is 5.04. The zero-order chi connectivity index (χ0) is 18.0. The molecule has 2 aliphatic rings. The SMILES string of the molecule is CCCCNc1ncc2c(=O)[nH]cc(C3=CCC4(CC3)OCCO4)c2n1. The lowest BCUT2D eigenvalue weighted by Crippen LogP contribution is -2.31. The van der Waals surface area contributed by atoms with Crippen molar-refractivity contribution < 1.29 is 9.47 Å². The van der Waals surface area contributed by atoms with Crippen molar-refractivity contribution in [3.05, 3.63) is 34.4 Å². The van der Waals surface area contributed by atoms with Gasteiger partial charge in [0.15, 0.2) is 5.79 Å². The van der Waals surface area contributed by atoms with E-state index in [1.54, 1.807) is 12.4 Å². The number of fused-ring (bicyclic) bond motifs is 1. The van der Waals surface area contributed by atoms with Crippen molar-refractivity contribution in [2.24, 2.45) is 0 Å². The van der Waals surface area contributed by atoms with Crippen LogP contribution >= 0.6 is 0 Å². The number of nitrogens with zero attached hydrogens (tertiary/aromatic N) is 2. The maximum Gasteiger partial charge on any atom is 0.259 e. The largest absolute Gasteiger partial charge is 0.354 e. The summed E-state index contributed by atoms with van der Waals surface area (Å²) in [6, 6.07) is 0. The van der Waals surface area contributed by atoms with E-state index >= 15 is 0 Å². The number of pyridine rings is 1. The number of allylic oxidation sites excluding steroid dienone is 1. The molecule has 3 heterocycles. The van der Waals surface area contributed by atoms with E-state index in [1.807, 2.05) is 0 Å². The molecule has 2 aromatic heterocycles. The molecule has 0 saturated carbocycles. The molecule has 1 saturated heterocycles. The molecule has 0 unspecified atom stereocenters. The maximum absolute atomic E-state index is 12.2. The van der Waals surface area contributed by atoms with Crippen LogP contribution in [0.25, 0.3) is 16.5 Å². The second-order valence-electron chi connectivity index (χ2n) is 6.81. The third-order valence-electron chi connectivity index (χ3n) is 5.04. The lowest BCUT2D eigenvalue weighted by Gasteiger charge is -2.30. The molecule has 0 bridgehead atoms. The Morgan fingerprint density at radius 3 is 2.92 bits per heavy atom. The van der Waals surface area contributed by atoms with Crippen LogP contribution in [0.1, 0.15) is 44.6 Å². The van der Waals surface area contributed by atoms with E-state index < -0.39 is 5.79 Å². The number of aromatic nitrogens is 3. The number of H-pyrrole nitrogens is 1. The van der Waals surface area contributed by atoms with Crippen molar-refractivity contribution in [2.45, 2.75) is 44.8 Å². The number of unbranched alkanes of at least 4 members (excludes halogenated alkanes) is 1. The highest BCUT2D eigenvalue weighted by Crippen LogP contribution is 2.39. The molecule has 1 fully saturated rings. The van der Waals surface area contributed by atoms with Crippen LogP contribution in [-0.4, -0.2) is 40.5 Å². The van der Waals surface area contributed by atoms with Gasteiger partial charge in [-0.25, -0.2) is 9.97 Å². The van der Waals surface area contributed by atoms with Gasteiger partial charge in [-0.05, 0) is 18.4 Å². The lowest BCUT2D eigenvalue weighted by molar-refractivity contribution is -0.159. The first-order valence-corrected chi connectivity index (χ1v) is 9.30. The molecule has 7 heteroatoms. The van der Waals surface area contributed by atoms with Gasteiger partial charge in [-0.15, -0.1) is 0 Å². The monoisotopic (exact) mass is 356 g/mol. The van der Waals surface area contributed by atoms with E-state index in [0.717, 1.165) is 49.8 Å². The van der Waals surface area contributed by atoms with Gasteiger partial charge in [0.05, 0.1) is 24.1 Å². The van der Waals surface area contributed by atoms with Gasteiger partial charge in [0.2, 0.25) is 5.95 Å². The fourth-order valence-electron chi connectivity index (χ4n) is 3.56. The molecule has 26 heavy (non-hydrogen) atoms. The molecule has 1 spiro atoms. The van der Waals surface area contributed by atoms with Gasteiger partial charge >= 0.3 is 0 Å². The molecule has 0 aromatic carbocycles. The second kappa shape index (κ2) is 7.17. The van der Waals surface area contributed by atoms with Crippen LogP contribution in [0.3, 0.4) is 0 Å². The van der Waals surface area contributed by atoms with Gasteiger partial charge in [0.25, 0.3) is 5.56 Å². The summed E-state index contributed by atoms with van der Waals surface area (Å²) in [4.78, 5) is 23.9. The van der Waals surface area contributed by atoms with Crippen molar-refractivity contribution >= 4 is 22.4 Å². The molecule has 2 aromatic rings. The number of rotatable bonds is 5. The Balaban J connectivity index is 1.68. The average molecular weight is 356 g/mol. The van der Waals surface area contributed by atoms with Crippen LogP contribution in [0.2, 0.25) is 0 Å². The Labute approximate surface area is 151 Å². The van der Waals surface area contributed by atoms with Gasteiger partial charge in [-0.3, -0.25) is 4.79 Å². The van der Waals surface area contributed by atoms with Crippen LogP contribution in [0, 0.1) is 0 Å². The molecule has 0 radical (unpaired) electrons. The minimum atomic E-state index is -0.455. The number of hydrogen-bond donors (Lipinski definition) is 2. The number of aromatic amines is 1. The minimum Gasteiger partial charge on any atom is -0.354 e. The first-order chi connectivity index (χ1) is 12.7. The Morgan fingerprint density at radius 2 is 2.19 bits per heavy atom. The normalized spacial score (nSPS) is 19.0. The molecular formula is C19H24N4O3. The summed E-state index contributed by atoms with van der Waals surface area (Å²) >= 11 is 0. The summed E-state index contributed by atoms with van der Waals surface area (Å²) in [5.41, 5.74) is 2.64. The van der Waals surface area contributed by atoms with E-state index in [-0.39, 0.29) is 5.56 Å². The van der Waals surface area contributed by atoms with E-state index in [4.69, 9.17) is 9.47 Å². The van der Waals surface area contributed by atoms with Gasteiger partial charge < -0.3 is 19.8 Å². The number of hydrogen-bond acceptors (Lipinski definition) is 6. The minimum absolute atomic E-state index is 0.167. The van der Waals surface area contributed by atoms with E-state index in [9.17, 15) is 4.79 Å². The number of ether oxygens (including phenoxy) is 2. The molecule has 2 N–H and O–H groups in total. The van der Waals surface area contributed by atoms with Gasteiger partial charge in [-0.2, -0.15) is 0 Å². The summed E-state index contributed by atoms with van der Waals surface area (Å²) in [5, 5.41) is 3.75. The third kappa shape index (κ3) is 3.24. The maximum atomic E-state index is 12.2. The fourth-order valence-corrected chi connectivity index (χ4v) is 3.56. The smallest absolute Gasteiger partial charge is 0.259 e. The molecule has 4 rings (SSSR count). The van der Waals surface area contributed by atoms with Gasteiger partial charge in [0.1, 0.15) is 0 Å². The Morgan fingerprint density at radius 1 is 1.35 bits per heavy atom. The van der Waals surface area contributed by atoms with Crippen LogP contribution in [0.15, 0.2) is 23.3 Å². The predicted molar refractivity (Wildman–Crippen MR) is 100 cm³/mol. The predicted octanol–water partition coefficient (Wildman–Crippen LogP) is 2.84. The Kier molecular flexibility index (Phi) is 4.74. The molecule has 1 aliphatic heterocycles. The summed E-state index contributed by atoms with van der Waals surface area (Å²) < 4.78 is 11.6. The highest BCUT2D eigenvalue weighted by atomic mass is 16.7. The standard InChI is InChI=1S/C19H24N4O3/c1-2-3-8-20-18-22-12-15-16(23-18)14(11-21-17(15)24)13-4-6-19(7-5-13)25-9-10-26-19/h4,11-12H,2-3,5-10H2,1H3,(H,21,24)(H,20,22,23). The lowest BCUT2D eigenvalue weighted by atomic mass is 9.90. The Bertz CT molecular complexity index is 884. The number of anilines is 1. The summed E-state index contributed by atoms with van der Waals surface area (Å²) in [7, 11) is 0. The molecule has 138 valence electrons. The quantitative estimate of drug-likeness (QED) is 0.801. The topological polar surface area (TPSA) is 89.1 Å². The highest BCUT2D eigenvalue weighted by molar-refractivity contribution is 5.90. The Hall–Kier alpha value is -2.25. The zero-order valence-corrected chi connectivity index (χ0v) is 15.0. The van der Waals surface area contributed by atoms with Crippen molar-refractivity contribution in [2.75, 3.05) is 25.1 Å². The first kappa shape index (κ1) is 17.2.